The Labute approximate surface area is 124 Å². The van der Waals surface area contributed by atoms with Crippen LogP contribution in [0.5, 0.6) is 5.75 Å². The minimum atomic E-state index is -0.537. The summed E-state index contributed by atoms with van der Waals surface area (Å²) < 4.78 is 0. The van der Waals surface area contributed by atoms with Crippen LogP contribution >= 0.6 is 23.2 Å². The molecule has 2 N–H and O–H groups in total. The van der Waals surface area contributed by atoms with Crippen LogP contribution in [0.3, 0.4) is 0 Å². The van der Waals surface area contributed by atoms with E-state index in [-0.39, 0.29) is 16.2 Å². The number of aromatic hydroxyl groups is 1. The van der Waals surface area contributed by atoms with Crippen molar-refractivity contribution in [3.05, 3.63) is 62.7 Å². The number of nitrogens with one attached hydrogen (secondary N) is 1. The third-order valence-corrected chi connectivity index (χ3v) is 3.72. The van der Waals surface area contributed by atoms with E-state index in [0.29, 0.717) is 21.8 Å². The molecule has 3 rings (SSSR count). The molecular weight excluding hydrogens is 297 g/mol. The number of hydrogen-bond acceptors (Lipinski definition) is 2. The van der Waals surface area contributed by atoms with Crippen LogP contribution < -0.4 is 5.43 Å². The summed E-state index contributed by atoms with van der Waals surface area (Å²) in [5.41, 5.74) is 0.901. The molecule has 5 heteroatoms. The molecule has 0 aliphatic heterocycles. The molecule has 3 nitrogen and oxygen atoms in total. The van der Waals surface area contributed by atoms with Crippen molar-refractivity contribution < 1.29 is 5.11 Å². The zero-order valence-electron chi connectivity index (χ0n) is 10.2. The number of pyridine rings is 1. The Morgan fingerprint density at radius 3 is 2.30 bits per heavy atom. The fourth-order valence-corrected chi connectivity index (χ4v) is 2.57. The first-order valence-corrected chi connectivity index (χ1v) is 6.63. The molecule has 20 heavy (non-hydrogen) atoms. The molecule has 3 aromatic rings. The van der Waals surface area contributed by atoms with E-state index in [1.165, 1.54) is 6.07 Å². The highest BCUT2D eigenvalue weighted by Gasteiger charge is 2.16. The number of rotatable bonds is 1. The number of benzene rings is 2. The van der Waals surface area contributed by atoms with Gasteiger partial charge in [0.2, 0.25) is 5.43 Å². The summed E-state index contributed by atoms with van der Waals surface area (Å²) in [6.07, 6.45) is 0. The molecule has 1 aromatic heterocycles. The fourth-order valence-electron chi connectivity index (χ4n) is 2.13. The number of H-pyrrole nitrogens is 1. The molecule has 2 aromatic carbocycles. The number of hydrogen-bond donors (Lipinski definition) is 2. The fraction of sp³-hybridized carbons (Fsp3) is 0. The van der Waals surface area contributed by atoms with Gasteiger partial charge in [0, 0.05) is 5.56 Å². The first-order valence-electron chi connectivity index (χ1n) is 5.88. The van der Waals surface area contributed by atoms with Crippen LogP contribution in [0.4, 0.5) is 0 Å². The quantitative estimate of drug-likeness (QED) is 0.707. The van der Waals surface area contributed by atoms with E-state index in [2.05, 4.69) is 4.98 Å². The van der Waals surface area contributed by atoms with E-state index in [0.717, 1.165) is 0 Å². The number of aromatic amines is 1. The molecule has 100 valence electrons. The Morgan fingerprint density at radius 1 is 0.950 bits per heavy atom. The highest BCUT2D eigenvalue weighted by Crippen LogP contribution is 2.32. The topological polar surface area (TPSA) is 53.1 Å². The van der Waals surface area contributed by atoms with Crippen molar-refractivity contribution in [3.8, 4) is 17.0 Å². The van der Waals surface area contributed by atoms with Crippen LogP contribution in [0.25, 0.3) is 22.2 Å². The summed E-state index contributed by atoms with van der Waals surface area (Å²) in [4.78, 5) is 15.3. The third kappa shape index (κ3) is 1.96. The van der Waals surface area contributed by atoms with Crippen LogP contribution in [0.1, 0.15) is 0 Å². The van der Waals surface area contributed by atoms with Gasteiger partial charge in [0.05, 0.1) is 26.6 Å². The van der Waals surface area contributed by atoms with Crippen molar-refractivity contribution in [2.75, 3.05) is 0 Å². The lowest BCUT2D eigenvalue weighted by atomic mass is 10.1. The predicted molar refractivity (Wildman–Crippen MR) is 81.7 cm³/mol. The van der Waals surface area contributed by atoms with Crippen molar-refractivity contribution in [1.29, 1.82) is 0 Å². The third-order valence-electron chi connectivity index (χ3n) is 3.10. The number of fused-ring (bicyclic) bond motifs is 1. The molecular formula is C15H9Cl2NO2. The summed E-state index contributed by atoms with van der Waals surface area (Å²) in [6.45, 7) is 0. The molecule has 0 aliphatic carbocycles. The smallest absolute Gasteiger partial charge is 0.233 e. The van der Waals surface area contributed by atoms with E-state index in [9.17, 15) is 9.90 Å². The summed E-state index contributed by atoms with van der Waals surface area (Å²) in [6, 6.07) is 12.2. The minimum absolute atomic E-state index is 0.191. The van der Waals surface area contributed by atoms with Crippen molar-refractivity contribution in [1.82, 2.24) is 4.98 Å². The van der Waals surface area contributed by atoms with Gasteiger partial charge in [-0.05, 0) is 12.1 Å². The van der Waals surface area contributed by atoms with Gasteiger partial charge in [0.1, 0.15) is 0 Å². The van der Waals surface area contributed by atoms with E-state index < -0.39 is 5.43 Å². The second-order valence-corrected chi connectivity index (χ2v) is 5.14. The largest absolute Gasteiger partial charge is 0.503 e. The monoisotopic (exact) mass is 305 g/mol. The van der Waals surface area contributed by atoms with Gasteiger partial charge in [0.15, 0.2) is 5.75 Å². The summed E-state index contributed by atoms with van der Waals surface area (Å²) in [7, 11) is 0. The normalized spacial score (nSPS) is 10.9. The van der Waals surface area contributed by atoms with Gasteiger partial charge in [-0.1, -0.05) is 53.5 Å². The summed E-state index contributed by atoms with van der Waals surface area (Å²) in [5.74, 6) is -0.368. The van der Waals surface area contributed by atoms with Gasteiger partial charge in [-0.2, -0.15) is 0 Å². The van der Waals surface area contributed by atoms with E-state index >= 15 is 0 Å². The standard InChI is InChI=1S/C15H9Cl2NO2/c16-9-6-7-10(17)13-11(9)14(19)15(20)12(18-13)8-4-2-1-3-5-8/h1-7,20H,(H,18,19). The second-order valence-electron chi connectivity index (χ2n) is 4.32. The average Bonchev–Trinajstić information content (AvgIpc) is 2.47. The minimum Gasteiger partial charge on any atom is -0.503 e. The molecule has 0 spiro atoms. The molecule has 0 saturated carbocycles. The summed E-state index contributed by atoms with van der Waals surface area (Å²) >= 11 is 12.1. The predicted octanol–water partition coefficient (Wildman–Crippen LogP) is 4.21. The van der Waals surface area contributed by atoms with Crippen LogP contribution in [0, 0.1) is 0 Å². The van der Waals surface area contributed by atoms with Crippen molar-refractivity contribution in [2.24, 2.45) is 0 Å². The van der Waals surface area contributed by atoms with Gasteiger partial charge >= 0.3 is 0 Å². The maximum Gasteiger partial charge on any atom is 0.233 e. The van der Waals surface area contributed by atoms with Crippen molar-refractivity contribution >= 4 is 34.1 Å². The lowest BCUT2D eigenvalue weighted by Crippen LogP contribution is -2.06. The number of aromatic nitrogens is 1. The Hall–Kier alpha value is -1.97. The van der Waals surface area contributed by atoms with Gasteiger partial charge < -0.3 is 10.1 Å². The van der Waals surface area contributed by atoms with E-state index in [4.69, 9.17) is 23.2 Å². The Bertz CT molecular complexity index is 857. The van der Waals surface area contributed by atoms with Gasteiger partial charge in [-0.25, -0.2) is 0 Å². The molecule has 1 heterocycles. The van der Waals surface area contributed by atoms with Crippen LogP contribution in [-0.2, 0) is 0 Å². The zero-order valence-corrected chi connectivity index (χ0v) is 11.7. The first kappa shape index (κ1) is 13.0. The first-order chi connectivity index (χ1) is 9.59. The Kier molecular flexibility index (Phi) is 3.16. The molecule has 0 unspecified atom stereocenters. The Balaban J connectivity index is 2.46. The van der Waals surface area contributed by atoms with Crippen LogP contribution in [-0.4, -0.2) is 10.1 Å². The molecule has 0 radical (unpaired) electrons. The maximum absolute atomic E-state index is 12.3. The molecule has 0 aliphatic rings. The van der Waals surface area contributed by atoms with Gasteiger partial charge in [0.25, 0.3) is 0 Å². The number of halogens is 2. The zero-order chi connectivity index (χ0) is 14.3. The Morgan fingerprint density at radius 2 is 1.60 bits per heavy atom. The highest BCUT2D eigenvalue weighted by molar-refractivity contribution is 6.39. The highest BCUT2D eigenvalue weighted by atomic mass is 35.5. The molecule has 0 bridgehead atoms. The molecule has 0 fully saturated rings. The average molecular weight is 306 g/mol. The van der Waals surface area contributed by atoms with Gasteiger partial charge in [-0.3, -0.25) is 4.79 Å². The van der Waals surface area contributed by atoms with Crippen LogP contribution in [0.2, 0.25) is 10.0 Å². The molecule has 0 saturated heterocycles. The molecule has 0 atom stereocenters. The SMILES string of the molecule is O=c1c(O)c(-c2ccccc2)[nH]c2c(Cl)ccc(Cl)c12. The molecule has 0 amide bonds. The van der Waals surface area contributed by atoms with E-state index in [1.54, 1.807) is 18.2 Å². The van der Waals surface area contributed by atoms with Crippen LogP contribution in [0.15, 0.2) is 47.3 Å². The van der Waals surface area contributed by atoms with E-state index in [1.807, 2.05) is 18.2 Å². The lowest BCUT2D eigenvalue weighted by molar-refractivity contribution is 0.471. The second kappa shape index (κ2) is 4.85. The van der Waals surface area contributed by atoms with Crippen molar-refractivity contribution in [3.63, 3.8) is 0 Å². The van der Waals surface area contributed by atoms with Gasteiger partial charge in [-0.15, -0.1) is 0 Å². The maximum atomic E-state index is 12.3. The van der Waals surface area contributed by atoms with Crippen molar-refractivity contribution in [2.45, 2.75) is 0 Å². The summed E-state index contributed by atoms with van der Waals surface area (Å²) in [5, 5.41) is 10.9. The lowest BCUT2D eigenvalue weighted by Gasteiger charge is -2.09.